The molecule has 36 heavy (non-hydrogen) atoms. The molecule has 3 aromatic heterocycles. The van der Waals surface area contributed by atoms with Gasteiger partial charge >= 0.3 is 0 Å². The molecule has 4 heteroatoms. The molecule has 0 fully saturated rings. The molecule has 0 saturated carbocycles. The number of aromatic nitrogens is 1. The summed E-state index contributed by atoms with van der Waals surface area (Å²) in [7, 11) is 0. The van der Waals surface area contributed by atoms with Crippen LogP contribution in [0.2, 0.25) is 0 Å². The minimum atomic E-state index is 0.577. The highest BCUT2D eigenvalue weighted by Crippen LogP contribution is 2.44. The first-order chi connectivity index (χ1) is 17.8. The van der Waals surface area contributed by atoms with Crippen LogP contribution in [0.25, 0.3) is 73.1 Å². The average Bonchev–Trinajstić information content (AvgIpc) is 3.49. The Morgan fingerprint density at radius 3 is 2.17 bits per heavy atom. The van der Waals surface area contributed by atoms with E-state index >= 15 is 0 Å². The van der Waals surface area contributed by atoms with Gasteiger partial charge in [-0.05, 0) is 47.3 Å². The second-order valence-electron chi connectivity index (χ2n) is 9.10. The number of nitriles is 1. The Hall–Kier alpha value is -4.30. The predicted octanol–water partition coefficient (Wildman–Crippen LogP) is 9.66. The maximum Gasteiger partial charge on any atom is 0.101 e. The smallest absolute Gasteiger partial charge is 0.101 e. The Bertz CT molecular complexity index is 2230. The van der Waals surface area contributed by atoms with E-state index in [1.54, 1.807) is 6.20 Å². The van der Waals surface area contributed by atoms with Gasteiger partial charge in [0.05, 0.1) is 11.1 Å². The lowest BCUT2D eigenvalue weighted by molar-refractivity contribution is 1.38. The molecule has 0 aliphatic carbocycles. The van der Waals surface area contributed by atoms with E-state index in [9.17, 15) is 5.26 Å². The van der Waals surface area contributed by atoms with Crippen molar-refractivity contribution in [1.29, 1.82) is 5.26 Å². The first-order valence-corrected chi connectivity index (χ1v) is 13.4. The Balaban J connectivity index is 1.54. The van der Waals surface area contributed by atoms with Gasteiger partial charge in [-0.2, -0.15) is 5.26 Å². The SMILES string of the molecule is N#Cc1cnc2c(c1)c(-c1cccc3c1sc1ccccc13)cc1cc3sc4ccccc4c3cc12. The van der Waals surface area contributed by atoms with Gasteiger partial charge in [-0.3, -0.25) is 4.98 Å². The van der Waals surface area contributed by atoms with Crippen LogP contribution in [-0.4, -0.2) is 4.98 Å². The zero-order chi connectivity index (χ0) is 23.8. The molecule has 2 nitrogen and oxygen atoms in total. The van der Waals surface area contributed by atoms with Crippen molar-refractivity contribution in [3.63, 3.8) is 0 Å². The maximum absolute atomic E-state index is 9.68. The van der Waals surface area contributed by atoms with Crippen LogP contribution < -0.4 is 0 Å². The van der Waals surface area contributed by atoms with Crippen molar-refractivity contribution < 1.29 is 0 Å². The second kappa shape index (κ2) is 7.35. The van der Waals surface area contributed by atoms with Gasteiger partial charge in [-0.1, -0.05) is 54.6 Å². The molecule has 0 saturated heterocycles. The molecule has 0 bridgehead atoms. The van der Waals surface area contributed by atoms with Crippen LogP contribution in [0.1, 0.15) is 5.56 Å². The van der Waals surface area contributed by atoms with Gasteiger partial charge in [0.1, 0.15) is 6.07 Å². The summed E-state index contributed by atoms with van der Waals surface area (Å²) in [5.41, 5.74) is 3.83. The third-order valence-electron chi connectivity index (χ3n) is 7.11. The summed E-state index contributed by atoms with van der Waals surface area (Å²) in [6.07, 6.45) is 1.70. The van der Waals surface area contributed by atoms with Crippen molar-refractivity contribution in [2.24, 2.45) is 0 Å². The zero-order valence-electron chi connectivity index (χ0n) is 18.9. The van der Waals surface area contributed by atoms with Crippen LogP contribution in [0.4, 0.5) is 0 Å². The van der Waals surface area contributed by atoms with E-state index in [1.807, 2.05) is 28.7 Å². The zero-order valence-corrected chi connectivity index (χ0v) is 20.6. The van der Waals surface area contributed by atoms with Crippen LogP contribution in [0.15, 0.2) is 97.2 Å². The summed E-state index contributed by atoms with van der Waals surface area (Å²) in [5, 5.41) is 18.1. The van der Waals surface area contributed by atoms with Gasteiger partial charge in [0.15, 0.2) is 0 Å². The summed E-state index contributed by atoms with van der Waals surface area (Å²) in [5.74, 6) is 0. The number of hydrogen-bond acceptors (Lipinski definition) is 4. The summed E-state index contributed by atoms with van der Waals surface area (Å²) < 4.78 is 5.13. The molecule has 0 radical (unpaired) electrons. The van der Waals surface area contributed by atoms with Crippen molar-refractivity contribution in [2.75, 3.05) is 0 Å². The van der Waals surface area contributed by atoms with Crippen molar-refractivity contribution >= 4 is 84.7 Å². The number of benzene rings is 5. The molecule has 5 aromatic carbocycles. The van der Waals surface area contributed by atoms with E-state index in [1.165, 1.54) is 51.3 Å². The van der Waals surface area contributed by atoms with Crippen LogP contribution >= 0.6 is 22.7 Å². The van der Waals surface area contributed by atoms with Crippen LogP contribution in [0.3, 0.4) is 0 Å². The predicted molar refractivity (Wildman–Crippen MR) is 155 cm³/mol. The number of thiophene rings is 2. The van der Waals surface area contributed by atoms with Crippen molar-refractivity contribution in [3.05, 3.63) is 103 Å². The van der Waals surface area contributed by atoms with Gasteiger partial charge in [0.25, 0.3) is 0 Å². The van der Waals surface area contributed by atoms with Gasteiger partial charge in [-0.25, -0.2) is 0 Å². The van der Waals surface area contributed by atoms with Crippen LogP contribution in [-0.2, 0) is 0 Å². The van der Waals surface area contributed by atoms with Crippen molar-refractivity contribution in [3.8, 4) is 17.2 Å². The first kappa shape index (κ1) is 19.9. The normalized spacial score (nSPS) is 11.9. The fourth-order valence-electron chi connectivity index (χ4n) is 5.47. The monoisotopic (exact) mass is 492 g/mol. The van der Waals surface area contributed by atoms with E-state index in [0.29, 0.717) is 5.56 Å². The molecular weight excluding hydrogens is 477 g/mol. The maximum atomic E-state index is 9.68. The van der Waals surface area contributed by atoms with Crippen molar-refractivity contribution in [2.45, 2.75) is 0 Å². The Labute approximate surface area is 214 Å². The van der Waals surface area contributed by atoms with Crippen LogP contribution in [0.5, 0.6) is 0 Å². The standard InChI is InChI=1S/C32H16N2S2/c33-16-18-12-27-25(23-9-5-8-22-20-6-1-4-11-29(20)36-32(22)23)13-19-14-30-26(15-24(19)31(27)34-17-18)21-7-2-3-10-28(21)35-30/h1-15,17H. The van der Waals surface area contributed by atoms with Gasteiger partial charge in [-0.15, -0.1) is 22.7 Å². The van der Waals surface area contributed by atoms with Crippen molar-refractivity contribution in [1.82, 2.24) is 4.98 Å². The Morgan fingerprint density at radius 1 is 0.583 bits per heavy atom. The molecule has 0 N–H and O–H groups in total. The third-order valence-corrected chi connectivity index (χ3v) is 9.46. The summed E-state index contributed by atoms with van der Waals surface area (Å²) in [4.78, 5) is 4.84. The lowest BCUT2D eigenvalue weighted by Gasteiger charge is -2.12. The lowest BCUT2D eigenvalue weighted by Crippen LogP contribution is -1.89. The Kier molecular flexibility index (Phi) is 4.07. The molecule has 0 unspecified atom stereocenters. The molecule has 0 spiro atoms. The molecule has 8 rings (SSSR count). The molecular formula is C32H16N2S2. The van der Waals surface area contributed by atoms with Gasteiger partial charge in [0.2, 0.25) is 0 Å². The molecule has 0 aliphatic rings. The first-order valence-electron chi connectivity index (χ1n) is 11.8. The molecule has 0 aliphatic heterocycles. The second-order valence-corrected chi connectivity index (χ2v) is 11.2. The summed E-state index contributed by atoms with van der Waals surface area (Å²) in [6.45, 7) is 0. The van der Waals surface area contributed by atoms with E-state index in [4.69, 9.17) is 4.98 Å². The summed E-state index contributed by atoms with van der Waals surface area (Å²) in [6, 6.07) is 34.9. The fraction of sp³-hybridized carbons (Fsp3) is 0. The van der Waals surface area contributed by atoms with Gasteiger partial charge < -0.3 is 0 Å². The summed E-state index contributed by atoms with van der Waals surface area (Å²) >= 11 is 3.66. The quantitative estimate of drug-likeness (QED) is 0.214. The minimum absolute atomic E-state index is 0.577. The highest BCUT2D eigenvalue weighted by Gasteiger charge is 2.17. The largest absolute Gasteiger partial charge is 0.254 e. The van der Waals surface area contributed by atoms with Gasteiger partial charge in [0, 0.05) is 62.9 Å². The van der Waals surface area contributed by atoms with E-state index in [0.717, 1.165) is 21.9 Å². The van der Waals surface area contributed by atoms with Crippen LogP contribution in [0, 0.1) is 11.3 Å². The molecule has 166 valence electrons. The number of nitrogens with zero attached hydrogens (tertiary/aromatic N) is 2. The average molecular weight is 493 g/mol. The third kappa shape index (κ3) is 2.73. The van der Waals surface area contributed by atoms with E-state index in [2.05, 4.69) is 91.0 Å². The lowest BCUT2D eigenvalue weighted by atomic mass is 9.93. The number of hydrogen-bond donors (Lipinski definition) is 0. The topological polar surface area (TPSA) is 36.7 Å². The number of pyridine rings is 1. The molecule has 0 amide bonds. The highest BCUT2D eigenvalue weighted by molar-refractivity contribution is 7.26. The highest BCUT2D eigenvalue weighted by atomic mass is 32.1. The molecule has 0 atom stereocenters. The van der Waals surface area contributed by atoms with E-state index in [-0.39, 0.29) is 0 Å². The number of rotatable bonds is 1. The number of fused-ring (bicyclic) bond motifs is 9. The fourth-order valence-corrected chi connectivity index (χ4v) is 7.84. The van der Waals surface area contributed by atoms with E-state index < -0.39 is 0 Å². The Morgan fingerprint density at radius 2 is 1.33 bits per heavy atom. The minimum Gasteiger partial charge on any atom is -0.254 e. The molecule has 3 heterocycles. The molecule has 8 aromatic rings.